The van der Waals surface area contributed by atoms with E-state index in [9.17, 15) is 4.79 Å². The minimum Gasteiger partial charge on any atom is -0.298 e. The monoisotopic (exact) mass is 344 g/mol. The van der Waals surface area contributed by atoms with E-state index >= 15 is 0 Å². The zero-order valence-electron chi connectivity index (χ0n) is 12.5. The highest BCUT2D eigenvalue weighted by atomic mass is 35.5. The molecule has 5 heteroatoms. The van der Waals surface area contributed by atoms with Gasteiger partial charge in [-0.1, -0.05) is 47.5 Å². The zero-order valence-corrected chi connectivity index (χ0v) is 14.0. The number of nitrogens with zero attached hydrogens (tertiary/aromatic N) is 2. The number of halogens is 2. The van der Waals surface area contributed by atoms with Gasteiger partial charge in [-0.05, 0) is 30.7 Å². The molecule has 0 aliphatic rings. The highest BCUT2D eigenvalue weighted by Gasteiger charge is 2.16. The fourth-order valence-electron chi connectivity index (χ4n) is 2.53. The van der Waals surface area contributed by atoms with Crippen LogP contribution in [0.2, 0.25) is 10.0 Å². The van der Waals surface area contributed by atoms with Crippen LogP contribution in [0.4, 0.5) is 0 Å². The molecule has 3 rings (SSSR count). The van der Waals surface area contributed by atoms with Gasteiger partial charge in [0.15, 0.2) is 6.29 Å². The van der Waals surface area contributed by atoms with E-state index < -0.39 is 0 Å². The second kappa shape index (κ2) is 6.57. The Hall–Kier alpha value is -2.10. The van der Waals surface area contributed by atoms with E-state index in [0.717, 1.165) is 35.2 Å². The Morgan fingerprint density at radius 1 is 1.09 bits per heavy atom. The molecule has 3 nitrogen and oxygen atoms in total. The van der Waals surface area contributed by atoms with Gasteiger partial charge in [0.1, 0.15) is 5.69 Å². The fourth-order valence-corrected chi connectivity index (χ4v) is 3.06. The van der Waals surface area contributed by atoms with Crippen LogP contribution in [-0.4, -0.2) is 16.1 Å². The standard InChI is InChI=1S/C18H14Cl2N2O/c1-2-22-10-17(16-6-4-3-5-12(16)11-23)18(21-22)13-7-14(19)9-15(20)8-13/h3-11H,2H2,1H3. The first-order valence-electron chi connectivity index (χ1n) is 7.21. The first kappa shape index (κ1) is 15.8. The van der Waals surface area contributed by atoms with Gasteiger partial charge in [0.05, 0.1) is 0 Å². The molecular formula is C18H14Cl2N2O. The van der Waals surface area contributed by atoms with Gasteiger partial charge in [0, 0.05) is 39.5 Å². The molecule has 0 aliphatic heterocycles. The van der Waals surface area contributed by atoms with Crippen LogP contribution >= 0.6 is 23.2 Å². The molecule has 0 fully saturated rings. The predicted octanol–water partition coefficient (Wildman–Crippen LogP) is 5.36. The van der Waals surface area contributed by atoms with Crippen LogP contribution in [0, 0.1) is 0 Å². The van der Waals surface area contributed by atoms with Crippen molar-refractivity contribution in [2.45, 2.75) is 13.5 Å². The number of aryl methyl sites for hydroxylation is 1. The lowest BCUT2D eigenvalue weighted by atomic mass is 9.98. The second-order valence-electron chi connectivity index (χ2n) is 5.11. The highest BCUT2D eigenvalue weighted by molar-refractivity contribution is 6.35. The van der Waals surface area contributed by atoms with Crippen LogP contribution in [0.25, 0.3) is 22.4 Å². The van der Waals surface area contributed by atoms with Crippen LogP contribution in [0.5, 0.6) is 0 Å². The zero-order chi connectivity index (χ0) is 16.4. The van der Waals surface area contributed by atoms with E-state index in [2.05, 4.69) is 5.10 Å². The molecule has 3 aromatic rings. The molecule has 23 heavy (non-hydrogen) atoms. The predicted molar refractivity (Wildman–Crippen MR) is 94.2 cm³/mol. The largest absolute Gasteiger partial charge is 0.298 e. The molecule has 1 heterocycles. The van der Waals surface area contributed by atoms with Gasteiger partial charge in [0.25, 0.3) is 0 Å². The average molecular weight is 345 g/mol. The summed E-state index contributed by atoms with van der Waals surface area (Å²) in [7, 11) is 0. The number of hydrogen-bond donors (Lipinski definition) is 0. The molecule has 0 atom stereocenters. The van der Waals surface area contributed by atoms with Crippen molar-refractivity contribution in [3.05, 3.63) is 64.3 Å². The van der Waals surface area contributed by atoms with E-state index in [-0.39, 0.29) is 0 Å². The van der Waals surface area contributed by atoms with Gasteiger partial charge in [0.2, 0.25) is 0 Å². The number of aldehydes is 1. The number of rotatable bonds is 4. The topological polar surface area (TPSA) is 34.9 Å². The Balaban J connectivity index is 2.25. The first-order valence-corrected chi connectivity index (χ1v) is 7.96. The summed E-state index contributed by atoms with van der Waals surface area (Å²) in [6.45, 7) is 2.74. The maximum atomic E-state index is 11.4. The van der Waals surface area contributed by atoms with Crippen LogP contribution in [0.1, 0.15) is 17.3 Å². The summed E-state index contributed by atoms with van der Waals surface area (Å²) in [5, 5.41) is 5.71. The fraction of sp³-hybridized carbons (Fsp3) is 0.111. The lowest BCUT2D eigenvalue weighted by Gasteiger charge is -2.06. The summed E-state index contributed by atoms with van der Waals surface area (Å²) in [4.78, 5) is 11.4. The molecule has 2 aromatic carbocycles. The number of benzene rings is 2. The first-order chi connectivity index (χ1) is 11.1. The molecule has 0 saturated heterocycles. The summed E-state index contributed by atoms with van der Waals surface area (Å²) in [6, 6.07) is 12.8. The van der Waals surface area contributed by atoms with Crippen LogP contribution in [-0.2, 0) is 6.54 Å². The van der Waals surface area contributed by atoms with Crippen LogP contribution < -0.4 is 0 Å². The van der Waals surface area contributed by atoms with Gasteiger partial charge in [-0.15, -0.1) is 0 Å². The summed E-state index contributed by atoms with van der Waals surface area (Å²) >= 11 is 12.2. The van der Waals surface area contributed by atoms with Gasteiger partial charge in [-0.2, -0.15) is 5.10 Å². The van der Waals surface area contributed by atoms with Crippen molar-refractivity contribution in [3.63, 3.8) is 0 Å². The third-order valence-electron chi connectivity index (χ3n) is 3.60. The van der Waals surface area contributed by atoms with Crippen molar-refractivity contribution < 1.29 is 4.79 Å². The van der Waals surface area contributed by atoms with Crippen molar-refractivity contribution in [2.24, 2.45) is 0 Å². The maximum absolute atomic E-state index is 11.4. The second-order valence-corrected chi connectivity index (χ2v) is 5.98. The minimum absolute atomic E-state index is 0.549. The maximum Gasteiger partial charge on any atom is 0.150 e. The van der Waals surface area contributed by atoms with Crippen molar-refractivity contribution in [3.8, 4) is 22.4 Å². The van der Waals surface area contributed by atoms with Gasteiger partial charge >= 0.3 is 0 Å². The molecule has 0 amide bonds. The number of aromatic nitrogens is 2. The smallest absolute Gasteiger partial charge is 0.150 e. The molecule has 0 aliphatic carbocycles. The Morgan fingerprint density at radius 2 is 1.78 bits per heavy atom. The SMILES string of the molecule is CCn1cc(-c2ccccc2C=O)c(-c2cc(Cl)cc(Cl)c2)n1. The lowest BCUT2D eigenvalue weighted by molar-refractivity contribution is 0.112. The number of carbonyl (C=O) groups excluding carboxylic acids is 1. The van der Waals surface area contributed by atoms with E-state index in [1.54, 1.807) is 12.1 Å². The molecule has 0 saturated carbocycles. The highest BCUT2D eigenvalue weighted by Crippen LogP contribution is 2.35. The average Bonchev–Trinajstić information content (AvgIpc) is 2.98. The molecule has 0 unspecified atom stereocenters. The molecular weight excluding hydrogens is 331 g/mol. The van der Waals surface area contributed by atoms with Crippen molar-refractivity contribution >= 4 is 29.5 Å². The normalized spacial score (nSPS) is 10.7. The van der Waals surface area contributed by atoms with E-state index in [1.807, 2.05) is 48.1 Å². The number of hydrogen-bond acceptors (Lipinski definition) is 2. The van der Waals surface area contributed by atoms with Crippen LogP contribution in [0.15, 0.2) is 48.7 Å². The summed E-state index contributed by atoms with van der Waals surface area (Å²) in [5.74, 6) is 0. The number of carbonyl (C=O) groups is 1. The summed E-state index contributed by atoms with van der Waals surface area (Å²) < 4.78 is 1.83. The molecule has 1 aromatic heterocycles. The van der Waals surface area contributed by atoms with E-state index in [0.29, 0.717) is 15.6 Å². The Bertz CT molecular complexity index is 851. The Morgan fingerprint density at radius 3 is 2.43 bits per heavy atom. The lowest BCUT2D eigenvalue weighted by Crippen LogP contribution is -1.93. The molecule has 0 N–H and O–H groups in total. The van der Waals surface area contributed by atoms with Gasteiger partial charge in [-0.3, -0.25) is 9.48 Å². The third-order valence-corrected chi connectivity index (χ3v) is 4.04. The van der Waals surface area contributed by atoms with Crippen LogP contribution in [0.3, 0.4) is 0 Å². The molecule has 116 valence electrons. The quantitative estimate of drug-likeness (QED) is 0.597. The third kappa shape index (κ3) is 3.16. The van der Waals surface area contributed by atoms with E-state index in [1.165, 1.54) is 0 Å². The van der Waals surface area contributed by atoms with Gasteiger partial charge < -0.3 is 0 Å². The molecule has 0 spiro atoms. The Kier molecular flexibility index (Phi) is 4.51. The van der Waals surface area contributed by atoms with Crippen molar-refractivity contribution in [1.29, 1.82) is 0 Å². The Labute approximate surface area is 144 Å². The minimum atomic E-state index is 0.549. The van der Waals surface area contributed by atoms with Crippen molar-refractivity contribution in [2.75, 3.05) is 0 Å². The van der Waals surface area contributed by atoms with E-state index in [4.69, 9.17) is 23.2 Å². The summed E-state index contributed by atoms with van der Waals surface area (Å²) in [5.41, 5.74) is 3.93. The molecule has 0 radical (unpaired) electrons. The van der Waals surface area contributed by atoms with Crippen molar-refractivity contribution in [1.82, 2.24) is 9.78 Å². The molecule has 0 bridgehead atoms. The summed E-state index contributed by atoms with van der Waals surface area (Å²) in [6.07, 6.45) is 2.79. The van der Waals surface area contributed by atoms with Gasteiger partial charge in [-0.25, -0.2) is 0 Å².